The number of aryl methyl sites for hydroxylation is 2. The van der Waals surface area contributed by atoms with Gasteiger partial charge in [0, 0.05) is 37.3 Å². The van der Waals surface area contributed by atoms with Crippen LogP contribution in [0.25, 0.3) is 0 Å². The third-order valence-electron chi connectivity index (χ3n) is 5.03. The minimum atomic E-state index is -3.70. The molecule has 0 aliphatic carbocycles. The lowest BCUT2D eigenvalue weighted by Crippen LogP contribution is -2.41. The van der Waals surface area contributed by atoms with Crippen molar-refractivity contribution in [2.45, 2.75) is 31.6 Å². The van der Waals surface area contributed by atoms with Gasteiger partial charge in [-0.15, -0.1) is 0 Å². The summed E-state index contributed by atoms with van der Waals surface area (Å²) < 4.78 is 32.1. The van der Waals surface area contributed by atoms with Gasteiger partial charge in [-0.3, -0.25) is 9.59 Å². The largest absolute Gasteiger partial charge is 0.360 e. The third-order valence-corrected chi connectivity index (χ3v) is 7.18. The topological polar surface area (TPSA) is 122 Å². The fraction of sp³-hybridized carbons (Fsp3) is 0.421. The molecule has 0 bridgehead atoms. The number of nitrogens with zero attached hydrogens (tertiary/aromatic N) is 2. The lowest BCUT2D eigenvalue weighted by Gasteiger charge is -2.30. The molecule has 1 aliphatic rings. The number of hydrogen-bond acceptors (Lipinski definition) is 6. The molecule has 2 amide bonds. The number of anilines is 1. The SMILES string of the molecule is CNC(=O)c1ccc(NC(=O)C2CCN(S(=O)(=O)c3c(C)noc3C)CC2)cc1. The molecule has 2 aromatic rings. The molecule has 1 saturated heterocycles. The van der Waals surface area contributed by atoms with E-state index in [0.29, 0.717) is 29.8 Å². The number of rotatable bonds is 5. The van der Waals surface area contributed by atoms with Gasteiger partial charge in [-0.2, -0.15) is 4.31 Å². The molecule has 2 heterocycles. The zero-order valence-electron chi connectivity index (χ0n) is 16.6. The van der Waals surface area contributed by atoms with Crippen molar-refractivity contribution in [1.29, 1.82) is 0 Å². The van der Waals surface area contributed by atoms with E-state index >= 15 is 0 Å². The van der Waals surface area contributed by atoms with Gasteiger partial charge in [0.1, 0.15) is 10.6 Å². The highest BCUT2D eigenvalue weighted by Crippen LogP contribution is 2.28. The minimum absolute atomic E-state index is 0.108. The maximum Gasteiger partial charge on any atom is 0.251 e. The summed E-state index contributed by atoms with van der Waals surface area (Å²) in [5.41, 5.74) is 1.43. The van der Waals surface area contributed by atoms with Gasteiger partial charge in [-0.05, 0) is 51.0 Å². The highest BCUT2D eigenvalue weighted by Gasteiger charge is 2.35. The Morgan fingerprint density at radius 2 is 1.76 bits per heavy atom. The van der Waals surface area contributed by atoms with Crippen molar-refractivity contribution in [1.82, 2.24) is 14.8 Å². The fourth-order valence-corrected chi connectivity index (χ4v) is 5.18. The highest BCUT2D eigenvalue weighted by molar-refractivity contribution is 7.89. The summed E-state index contributed by atoms with van der Waals surface area (Å²) in [5.74, 6) is -0.380. The zero-order valence-corrected chi connectivity index (χ0v) is 17.4. The van der Waals surface area contributed by atoms with Crippen LogP contribution in [0.4, 0.5) is 5.69 Å². The fourth-order valence-electron chi connectivity index (χ4n) is 3.42. The Kier molecular flexibility index (Phi) is 6.04. The van der Waals surface area contributed by atoms with Crippen molar-refractivity contribution >= 4 is 27.5 Å². The molecule has 9 nitrogen and oxygen atoms in total. The monoisotopic (exact) mass is 420 g/mol. The maximum absolute atomic E-state index is 12.9. The molecule has 1 fully saturated rings. The standard InChI is InChI=1S/C19H24N4O5S/c1-12-17(13(2)28-22-12)29(26,27)23-10-8-15(9-11-23)19(25)21-16-6-4-14(5-7-16)18(24)20-3/h4-7,15H,8-11H2,1-3H3,(H,20,24)(H,21,25). The van der Waals surface area contributed by atoms with Crippen LogP contribution in [-0.2, 0) is 14.8 Å². The molecule has 10 heteroatoms. The van der Waals surface area contributed by atoms with Crippen LogP contribution in [0.15, 0.2) is 33.7 Å². The van der Waals surface area contributed by atoms with E-state index in [1.54, 1.807) is 45.2 Å². The second-order valence-electron chi connectivity index (χ2n) is 6.98. The van der Waals surface area contributed by atoms with Crippen LogP contribution in [0.2, 0.25) is 0 Å². The summed E-state index contributed by atoms with van der Waals surface area (Å²) >= 11 is 0. The normalized spacial score (nSPS) is 15.8. The van der Waals surface area contributed by atoms with E-state index in [2.05, 4.69) is 15.8 Å². The van der Waals surface area contributed by atoms with Crippen LogP contribution in [-0.4, -0.2) is 49.8 Å². The molecule has 1 aromatic carbocycles. The van der Waals surface area contributed by atoms with Crippen LogP contribution < -0.4 is 10.6 Å². The number of carbonyl (C=O) groups excluding carboxylic acids is 2. The van der Waals surface area contributed by atoms with Gasteiger partial charge in [0.25, 0.3) is 5.91 Å². The quantitative estimate of drug-likeness (QED) is 0.759. The molecule has 0 unspecified atom stereocenters. The first kappa shape index (κ1) is 21.0. The average Bonchev–Trinajstić information content (AvgIpc) is 3.06. The van der Waals surface area contributed by atoms with Gasteiger partial charge in [0.05, 0.1) is 0 Å². The first-order valence-corrected chi connectivity index (χ1v) is 10.7. The van der Waals surface area contributed by atoms with Crippen molar-refractivity contribution in [3.8, 4) is 0 Å². The van der Waals surface area contributed by atoms with Gasteiger partial charge in [0.2, 0.25) is 15.9 Å². The summed E-state index contributed by atoms with van der Waals surface area (Å²) in [6, 6.07) is 6.60. The number of nitrogens with one attached hydrogen (secondary N) is 2. The van der Waals surface area contributed by atoms with Crippen molar-refractivity contribution in [3.05, 3.63) is 41.3 Å². The lowest BCUT2D eigenvalue weighted by atomic mass is 9.97. The Bertz CT molecular complexity index is 986. The Balaban J connectivity index is 1.60. The third kappa shape index (κ3) is 4.33. The summed E-state index contributed by atoms with van der Waals surface area (Å²) in [7, 11) is -2.14. The number of amides is 2. The number of piperidine rings is 1. The Labute approximate surface area is 169 Å². The maximum atomic E-state index is 12.9. The molecule has 1 aliphatic heterocycles. The van der Waals surface area contributed by atoms with Gasteiger partial charge in [-0.25, -0.2) is 8.42 Å². The molecule has 29 heavy (non-hydrogen) atoms. The molecule has 2 N–H and O–H groups in total. The van der Waals surface area contributed by atoms with Crippen LogP contribution in [0.3, 0.4) is 0 Å². The molecular formula is C19H24N4O5S. The molecule has 156 valence electrons. The molecule has 3 rings (SSSR count). The number of sulfonamides is 1. The van der Waals surface area contributed by atoms with E-state index in [9.17, 15) is 18.0 Å². The summed E-state index contributed by atoms with van der Waals surface area (Å²) in [6.45, 7) is 3.67. The summed E-state index contributed by atoms with van der Waals surface area (Å²) in [5, 5.41) is 9.09. The van der Waals surface area contributed by atoms with E-state index < -0.39 is 10.0 Å². The zero-order chi connectivity index (χ0) is 21.2. The first-order valence-electron chi connectivity index (χ1n) is 9.30. The molecule has 1 aromatic heterocycles. The molecular weight excluding hydrogens is 396 g/mol. The van der Waals surface area contributed by atoms with Crippen molar-refractivity contribution < 1.29 is 22.5 Å². The highest BCUT2D eigenvalue weighted by atomic mass is 32.2. The van der Waals surface area contributed by atoms with E-state index in [4.69, 9.17) is 4.52 Å². The molecule has 0 spiro atoms. The number of benzene rings is 1. The Morgan fingerprint density at radius 3 is 2.28 bits per heavy atom. The minimum Gasteiger partial charge on any atom is -0.360 e. The number of aromatic nitrogens is 1. The predicted octanol–water partition coefficient (Wildman–Crippen LogP) is 1.69. The average molecular weight is 420 g/mol. The Morgan fingerprint density at radius 1 is 1.14 bits per heavy atom. The smallest absolute Gasteiger partial charge is 0.251 e. The van der Waals surface area contributed by atoms with Crippen molar-refractivity contribution in [2.75, 3.05) is 25.5 Å². The van der Waals surface area contributed by atoms with Crippen molar-refractivity contribution in [3.63, 3.8) is 0 Å². The lowest BCUT2D eigenvalue weighted by molar-refractivity contribution is -0.120. The van der Waals surface area contributed by atoms with Crippen molar-refractivity contribution in [2.24, 2.45) is 5.92 Å². The van der Waals surface area contributed by atoms with Gasteiger partial charge < -0.3 is 15.2 Å². The van der Waals surface area contributed by atoms with Gasteiger partial charge in [-0.1, -0.05) is 5.16 Å². The second kappa shape index (κ2) is 8.34. The molecule has 0 radical (unpaired) electrons. The van der Waals surface area contributed by atoms with Gasteiger partial charge in [0.15, 0.2) is 5.76 Å². The van der Waals surface area contributed by atoms with E-state index in [0.717, 1.165) is 0 Å². The number of carbonyl (C=O) groups is 2. The summed E-state index contributed by atoms with van der Waals surface area (Å²) in [4.78, 5) is 24.2. The van der Waals surface area contributed by atoms with Gasteiger partial charge >= 0.3 is 0 Å². The van der Waals surface area contributed by atoms with E-state index in [-0.39, 0.29) is 41.5 Å². The van der Waals surface area contributed by atoms with E-state index in [1.807, 2.05) is 0 Å². The van der Waals surface area contributed by atoms with Crippen LogP contribution >= 0.6 is 0 Å². The number of hydrogen-bond donors (Lipinski definition) is 2. The van der Waals surface area contributed by atoms with Crippen LogP contribution in [0.1, 0.15) is 34.7 Å². The first-order chi connectivity index (χ1) is 13.7. The predicted molar refractivity (Wildman–Crippen MR) is 106 cm³/mol. The Hall–Kier alpha value is -2.72. The second-order valence-corrected chi connectivity index (χ2v) is 8.85. The molecule has 0 saturated carbocycles. The van der Waals surface area contributed by atoms with Crippen LogP contribution in [0.5, 0.6) is 0 Å². The van der Waals surface area contributed by atoms with E-state index in [1.165, 1.54) is 4.31 Å². The van der Waals surface area contributed by atoms with Crippen LogP contribution in [0, 0.1) is 19.8 Å². The summed E-state index contributed by atoms with van der Waals surface area (Å²) in [6.07, 6.45) is 0.843. The molecule has 0 atom stereocenters.